The van der Waals surface area contributed by atoms with Crippen molar-refractivity contribution in [2.45, 2.75) is 52.2 Å². The second-order valence-electron chi connectivity index (χ2n) is 10.9. The number of ether oxygens (including phenoxy) is 1. The Hall–Kier alpha value is -3.66. The molecule has 1 aromatic carbocycles. The number of amides is 2. The van der Waals surface area contributed by atoms with Crippen molar-refractivity contribution < 1.29 is 23.1 Å². The molecule has 42 heavy (non-hydrogen) atoms. The minimum absolute atomic E-state index is 0.0542. The molecule has 1 N–H and O–H groups in total. The van der Waals surface area contributed by atoms with Crippen molar-refractivity contribution in [3.63, 3.8) is 0 Å². The molecule has 12 heteroatoms. The minimum atomic E-state index is -2.65. The molecule has 2 aliphatic rings. The molecule has 2 saturated heterocycles. The minimum Gasteiger partial charge on any atom is -0.379 e. The van der Waals surface area contributed by atoms with Crippen LogP contribution in [-0.2, 0) is 22.6 Å². The molecule has 2 aliphatic heterocycles. The normalized spacial score (nSPS) is 18.3. The molecular weight excluding hydrogens is 562 g/mol. The summed E-state index contributed by atoms with van der Waals surface area (Å²) in [6, 6.07) is 10.5. The van der Waals surface area contributed by atoms with Crippen LogP contribution >= 0.6 is 11.3 Å². The van der Waals surface area contributed by atoms with Gasteiger partial charge in [-0.2, -0.15) is 5.26 Å². The molecule has 2 fully saturated rings. The summed E-state index contributed by atoms with van der Waals surface area (Å²) in [6.07, 6.45) is 0.554. The van der Waals surface area contributed by atoms with Crippen molar-refractivity contribution >= 4 is 40.1 Å². The van der Waals surface area contributed by atoms with Gasteiger partial charge < -0.3 is 14.2 Å². The number of thiophene rings is 1. The first kappa shape index (κ1) is 29.8. The third-order valence-electron chi connectivity index (χ3n) is 7.50. The Morgan fingerprint density at radius 3 is 2.69 bits per heavy atom. The zero-order valence-corrected chi connectivity index (χ0v) is 24.5. The van der Waals surface area contributed by atoms with Crippen LogP contribution in [0.5, 0.6) is 0 Å². The van der Waals surface area contributed by atoms with Gasteiger partial charge in [-0.1, -0.05) is 26.0 Å². The summed E-state index contributed by atoms with van der Waals surface area (Å²) >= 11 is 0.746. The number of likely N-dealkylation sites (tertiary alicyclic amines) is 1. The molecule has 2 aromatic heterocycles. The molecule has 0 unspecified atom stereocenters. The average Bonchev–Trinajstić information content (AvgIpc) is 3.71. The van der Waals surface area contributed by atoms with Crippen molar-refractivity contribution in [3.05, 3.63) is 57.3 Å². The van der Waals surface area contributed by atoms with E-state index < -0.39 is 12.3 Å². The zero-order chi connectivity index (χ0) is 29.8. The Labute approximate surface area is 247 Å². The summed E-state index contributed by atoms with van der Waals surface area (Å²) in [7, 11) is 0. The Morgan fingerprint density at radius 2 is 2.00 bits per heavy atom. The summed E-state index contributed by atoms with van der Waals surface area (Å²) in [5.41, 5.74) is 2.67. The number of aromatic nitrogens is 2. The van der Waals surface area contributed by atoms with Gasteiger partial charge in [-0.3, -0.25) is 19.8 Å². The predicted octanol–water partition coefficient (Wildman–Crippen LogP) is 5.22. The van der Waals surface area contributed by atoms with Gasteiger partial charge in [-0.25, -0.2) is 13.8 Å². The summed E-state index contributed by atoms with van der Waals surface area (Å²) in [5, 5.41) is 12.5. The molecule has 0 spiro atoms. The first-order chi connectivity index (χ1) is 20.2. The standard InChI is InChI=1S/C30H34F2N6O3S/c1-19(2)14-21(16-33)29(40)37-9-3-4-22(37)18-38-24-6-5-20(17-36-10-12-41-13-11-36)15-23(24)34-30(38)35-28(39)26-8-7-25(42-26)27(31)32/h5-8,14-15,19,22,27H,3-4,9-13,17-18H2,1-2H3,(H,34,35,39)/b21-14+/t22-/m1/s1. The summed E-state index contributed by atoms with van der Waals surface area (Å²) < 4.78 is 33.6. The van der Waals surface area contributed by atoms with Gasteiger partial charge in [-0.05, 0) is 48.6 Å². The van der Waals surface area contributed by atoms with Gasteiger partial charge in [0.1, 0.15) is 11.6 Å². The quantitative estimate of drug-likeness (QED) is 0.269. The van der Waals surface area contributed by atoms with E-state index in [1.807, 2.05) is 36.6 Å². The van der Waals surface area contributed by atoms with Crippen LogP contribution in [0, 0.1) is 17.2 Å². The van der Waals surface area contributed by atoms with E-state index >= 15 is 0 Å². The largest absolute Gasteiger partial charge is 0.379 e. The SMILES string of the molecule is CC(C)/C=C(\C#N)C(=O)N1CCC[C@@H]1Cn1c(NC(=O)c2ccc(C(F)F)s2)nc2cc(CN3CCOCC3)ccc21. The summed E-state index contributed by atoms with van der Waals surface area (Å²) in [5.74, 6) is -0.487. The van der Waals surface area contributed by atoms with Crippen LogP contribution in [0.25, 0.3) is 11.0 Å². The van der Waals surface area contributed by atoms with Crippen molar-refractivity contribution in [3.8, 4) is 6.07 Å². The molecule has 0 saturated carbocycles. The van der Waals surface area contributed by atoms with E-state index in [9.17, 15) is 23.6 Å². The fraction of sp³-hybridized carbons (Fsp3) is 0.467. The number of hydrogen-bond acceptors (Lipinski definition) is 7. The van der Waals surface area contributed by atoms with Crippen molar-refractivity contribution in [1.82, 2.24) is 19.4 Å². The number of morpholine rings is 1. The average molecular weight is 597 g/mol. The van der Waals surface area contributed by atoms with E-state index in [1.54, 1.807) is 11.0 Å². The van der Waals surface area contributed by atoms with Gasteiger partial charge in [0.25, 0.3) is 18.2 Å². The smallest absolute Gasteiger partial charge is 0.272 e. The number of fused-ring (bicyclic) bond motifs is 1. The Kier molecular flexibility index (Phi) is 9.30. The molecular formula is C30H34F2N6O3S. The highest BCUT2D eigenvalue weighted by Gasteiger charge is 2.32. The second-order valence-corrected chi connectivity index (χ2v) is 12.1. The van der Waals surface area contributed by atoms with Crippen LogP contribution in [0.1, 0.15) is 53.2 Å². The highest BCUT2D eigenvalue weighted by Crippen LogP contribution is 2.30. The molecule has 9 nitrogen and oxygen atoms in total. The van der Waals surface area contributed by atoms with Gasteiger partial charge in [0, 0.05) is 32.7 Å². The topological polar surface area (TPSA) is 103 Å². The predicted molar refractivity (Wildman–Crippen MR) is 156 cm³/mol. The lowest BCUT2D eigenvalue weighted by atomic mass is 10.1. The number of nitrogens with zero attached hydrogens (tertiary/aromatic N) is 5. The Balaban J connectivity index is 1.45. The van der Waals surface area contributed by atoms with Crippen LogP contribution in [0.4, 0.5) is 14.7 Å². The summed E-state index contributed by atoms with van der Waals surface area (Å²) in [4.78, 5) is 35.2. The van der Waals surface area contributed by atoms with E-state index in [-0.39, 0.29) is 39.1 Å². The van der Waals surface area contributed by atoms with Gasteiger partial charge >= 0.3 is 0 Å². The summed E-state index contributed by atoms with van der Waals surface area (Å²) in [6.45, 7) is 8.54. The van der Waals surface area contributed by atoms with Crippen LogP contribution < -0.4 is 5.32 Å². The number of nitrogens with one attached hydrogen (secondary N) is 1. The van der Waals surface area contributed by atoms with E-state index in [0.29, 0.717) is 31.8 Å². The monoisotopic (exact) mass is 596 g/mol. The maximum atomic E-state index is 13.3. The molecule has 0 radical (unpaired) electrons. The number of carbonyl (C=O) groups excluding carboxylic acids is 2. The molecule has 1 atom stereocenters. The molecule has 5 rings (SSSR count). The van der Waals surface area contributed by atoms with Gasteiger partial charge in [0.2, 0.25) is 5.95 Å². The van der Waals surface area contributed by atoms with Crippen molar-refractivity contribution in [2.75, 3.05) is 38.2 Å². The van der Waals surface area contributed by atoms with Crippen LogP contribution in [0.15, 0.2) is 42.0 Å². The number of hydrogen-bond donors (Lipinski definition) is 1. The van der Waals surface area contributed by atoms with Crippen LogP contribution in [-0.4, -0.2) is 70.1 Å². The Bertz CT molecular complexity index is 1520. The molecule has 2 amide bonds. The molecule has 0 bridgehead atoms. The van der Waals surface area contributed by atoms with E-state index in [4.69, 9.17) is 9.72 Å². The lowest BCUT2D eigenvalue weighted by Gasteiger charge is -2.26. The van der Waals surface area contributed by atoms with E-state index in [2.05, 4.69) is 16.3 Å². The number of allylic oxidation sites excluding steroid dienone is 1. The first-order valence-electron chi connectivity index (χ1n) is 14.1. The molecule has 0 aliphatic carbocycles. The number of rotatable bonds is 9. The zero-order valence-electron chi connectivity index (χ0n) is 23.7. The van der Waals surface area contributed by atoms with Gasteiger partial charge in [0.05, 0.1) is 40.0 Å². The number of anilines is 1. The van der Waals surface area contributed by atoms with Gasteiger partial charge in [-0.15, -0.1) is 11.3 Å². The molecule has 222 valence electrons. The van der Waals surface area contributed by atoms with E-state index in [0.717, 1.165) is 54.9 Å². The Morgan fingerprint density at radius 1 is 1.21 bits per heavy atom. The number of nitriles is 1. The number of imidazole rings is 1. The number of carbonyl (C=O) groups is 2. The third-order valence-corrected chi connectivity index (χ3v) is 8.59. The second kappa shape index (κ2) is 13.1. The highest BCUT2D eigenvalue weighted by atomic mass is 32.1. The number of benzene rings is 1. The first-order valence-corrected chi connectivity index (χ1v) is 15.0. The van der Waals surface area contributed by atoms with Gasteiger partial charge in [0.15, 0.2) is 0 Å². The third kappa shape index (κ3) is 6.69. The van der Waals surface area contributed by atoms with E-state index in [1.165, 1.54) is 12.1 Å². The van der Waals surface area contributed by atoms with Crippen LogP contribution in [0.3, 0.4) is 0 Å². The number of halogens is 2. The molecule has 4 heterocycles. The fourth-order valence-electron chi connectivity index (χ4n) is 5.47. The number of alkyl halides is 2. The fourth-order valence-corrected chi connectivity index (χ4v) is 6.23. The van der Waals surface area contributed by atoms with Crippen molar-refractivity contribution in [1.29, 1.82) is 5.26 Å². The van der Waals surface area contributed by atoms with Crippen LogP contribution in [0.2, 0.25) is 0 Å². The van der Waals surface area contributed by atoms with Crippen molar-refractivity contribution in [2.24, 2.45) is 5.92 Å². The highest BCUT2D eigenvalue weighted by molar-refractivity contribution is 7.14. The molecule has 3 aromatic rings. The maximum Gasteiger partial charge on any atom is 0.272 e. The lowest BCUT2D eigenvalue weighted by Crippen LogP contribution is -2.39. The lowest BCUT2D eigenvalue weighted by molar-refractivity contribution is -0.127. The maximum absolute atomic E-state index is 13.3.